The minimum atomic E-state index is -0.737. The summed E-state index contributed by atoms with van der Waals surface area (Å²) in [6, 6.07) is 13.3. The van der Waals surface area contributed by atoms with Crippen molar-refractivity contribution in [2.75, 3.05) is 13.1 Å². The van der Waals surface area contributed by atoms with Gasteiger partial charge in [-0.25, -0.2) is 0 Å². The molecule has 5 heteroatoms. The standard InChI is InChI=1S/C29H38N2O3/c1-3-23-17-22(9-12-28(23)24-7-5-4-6-8-24)20-34-30-21(2)25-10-11-27-19-31(16-14-29(32)33)15-13-26(27)18-25/h9-12,17-18,24H,3-8,13-16,19-20H2,1-2H3,(H,32,33)/b30-21-. The molecule has 5 nitrogen and oxygen atoms in total. The van der Waals surface area contributed by atoms with Crippen LogP contribution in [-0.2, 0) is 35.6 Å². The van der Waals surface area contributed by atoms with Crippen molar-refractivity contribution in [2.45, 2.75) is 84.3 Å². The lowest BCUT2D eigenvalue weighted by atomic mass is 9.81. The summed E-state index contributed by atoms with van der Waals surface area (Å²) in [4.78, 5) is 18.8. The number of oxime groups is 1. The second-order valence-corrected chi connectivity index (χ2v) is 9.83. The normalized spacial score (nSPS) is 17.4. The summed E-state index contributed by atoms with van der Waals surface area (Å²) in [6.07, 6.45) is 8.95. The van der Waals surface area contributed by atoms with Crippen LogP contribution in [0.4, 0.5) is 0 Å². The molecule has 1 heterocycles. The van der Waals surface area contributed by atoms with E-state index in [1.807, 2.05) is 6.92 Å². The van der Waals surface area contributed by atoms with Crippen molar-refractivity contribution in [1.82, 2.24) is 4.90 Å². The van der Waals surface area contributed by atoms with E-state index in [2.05, 4.69) is 53.4 Å². The molecule has 34 heavy (non-hydrogen) atoms. The van der Waals surface area contributed by atoms with Crippen LogP contribution in [-0.4, -0.2) is 34.8 Å². The van der Waals surface area contributed by atoms with E-state index < -0.39 is 5.97 Å². The van der Waals surface area contributed by atoms with Crippen LogP contribution in [0.25, 0.3) is 0 Å². The molecular formula is C29H38N2O3. The second kappa shape index (κ2) is 11.7. The SMILES string of the molecule is CCc1cc(CO/N=C(/C)c2ccc3c(c2)CCN(CCC(=O)O)C3)ccc1C1CCCCC1. The molecule has 0 atom stereocenters. The largest absolute Gasteiger partial charge is 0.481 e. The van der Waals surface area contributed by atoms with Crippen LogP contribution in [0.3, 0.4) is 0 Å². The van der Waals surface area contributed by atoms with E-state index in [0.29, 0.717) is 13.2 Å². The van der Waals surface area contributed by atoms with Gasteiger partial charge >= 0.3 is 5.97 Å². The van der Waals surface area contributed by atoms with E-state index in [-0.39, 0.29) is 6.42 Å². The molecule has 1 saturated carbocycles. The summed E-state index contributed by atoms with van der Waals surface area (Å²) in [5, 5.41) is 13.3. The zero-order valence-electron chi connectivity index (χ0n) is 20.7. The van der Waals surface area contributed by atoms with E-state index in [4.69, 9.17) is 9.94 Å². The maximum absolute atomic E-state index is 10.8. The third kappa shape index (κ3) is 6.26. The maximum Gasteiger partial charge on any atom is 0.304 e. The van der Waals surface area contributed by atoms with Crippen LogP contribution in [0.1, 0.15) is 91.7 Å². The second-order valence-electron chi connectivity index (χ2n) is 9.83. The molecular weight excluding hydrogens is 424 g/mol. The van der Waals surface area contributed by atoms with Crippen LogP contribution in [0.5, 0.6) is 0 Å². The molecule has 1 aliphatic heterocycles. The molecule has 0 unspecified atom stereocenters. The molecule has 1 fully saturated rings. The minimum Gasteiger partial charge on any atom is -0.481 e. The molecule has 0 spiro atoms. The third-order valence-electron chi connectivity index (χ3n) is 7.42. The number of carboxylic acids is 1. The number of aliphatic carboxylic acids is 1. The van der Waals surface area contributed by atoms with Gasteiger partial charge in [0.15, 0.2) is 0 Å². The number of hydrogen-bond acceptors (Lipinski definition) is 4. The Labute approximate surface area is 203 Å². The quantitative estimate of drug-likeness (QED) is 0.363. The highest BCUT2D eigenvalue weighted by Gasteiger charge is 2.19. The van der Waals surface area contributed by atoms with Gasteiger partial charge < -0.3 is 9.94 Å². The fraction of sp³-hybridized carbons (Fsp3) is 0.517. The lowest BCUT2D eigenvalue weighted by molar-refractivity contribution is -0.137. The predicted molar refractivity (Wildman–Crippen MR) is 136 cm³/mol. The van der Waals surface area contributed by atoms with Gasteiger partial charge in [-0.1, -0.05) is 61.7 Å². The first-order valence-electron chi connectivity index (χ1n) is 12.9. The average Bonchev–Trinajstić information content (AvgIpc) is 2.87. The molecule has 0 radical (unpaired) electrons. The monoisotopic (exact) mass is 462 g/mol. The summed E-state index contributed by atoms with van der Waals surface area (Å²) in [6.45, 7) is 7.04. The van der Waals surface area contributed by atoms with Gasteiger partial charge in [-0.05, 0) is 78.0 Å². The fourth-order valence-electron chi connectivity index (χ4n) is 5.40. The van der Waals surface area contributed by atoms with Gasteiger partial charge in [-0.15, -0.1) is 0 Å². The molecule has 1 aliphatic carbocycles. The summed E-state index contributed by atoms with van der Waals surface area (Å²) in [5.74, 6) is -0.00810. The molecule has 0 bridgehead atoms. The summed E-state index contributed by atoms with van der Waals surface area (Å²) >= 11 is 0. The number of rotatable bonds is 9. The molecule has 4 rings (SSSR count). The molecule has 2 aliphatic rings. The topological polar surface area (TPSA) is 62.1 Å². The number of carbonyl (C=O) groups is 1. The van der Waals surface area contributed by atoms with Crippen molar-refractivity contribution in [3.05, 3.63) is 69.8 Å². The number of fused-ring (bicyclic) bond motifs is 1. The lowest BCUT2D eigenvalue weighted by Crippen LogP contribution is -2.32. The number of aryl methyl sites for hydroxylation is 1. The smallest absolute Gasteiger partial charge is 0.304 e. The Morgan fingerprint density at radius 3 is 2.71 bits per heavy atom. The summed E-state index contributed by atoms with van der Waals surface area (Å²) in [5.41, 5.74) is 8.75. The first kappa shape index (κ1) is 24.5. The highest BCUT2D eigenvalue weighted by Crippen LogP contribution is 2.35. The van der Waals surface area contributed by atoms with Gasteiger partial charge in [-0.2, -0.15) is 0 Å². The van der Waals surface area contributed by atoms with Gasteiger partial charge in [0, 0.05) is 19.6 Å². The van der Waals surface area contributed by atoms with Crippen LogP contribution in [0.15, 0.2) is 41.6 Å². The molecule has 0 aromatic heterocycles. The molecule has 0 amide bonds. The first-order valence-corrected chi connectivity index (χ1v) is 12.9. The van der Waals surface area contributed by atoms with Crippen molar-refractivity contribution in [3.8, 4) is 0 Å². The highest BCUT2D eigenvalue weighted by atomic mass is 16.6. The van der Waals surface area contributed by atoms with Crippen molar-refractivity contribution in [3.63, 3.8) is 0 Å². The van der Waals surface area contributed by atoms with Crippen LogP contribution in [0.2, 0.25) is 0 Å². The van der Waals surface area contributed by atoms with E-state index in [9.17, 15) is 4.79 Å². The zero-order valence-corrected chi connectivity index (χ0v) is 20.7. The van der Waals surface area contributed by atoms with E-state index in [1.54, 1.807) is 5.56 Å². The number of hydrogen-bond donors (Lipinski definition) is 1. The molecule has 2 aromatic carbocycles. The Kier molecular flexibility index (Phi) is 8.39. The number of carboxylic acid groups (broad SMARTS) is 1. The molecule has 0 saturated heterocycles. The van der Waals surface area contributed by atoms with Gasteiger partial charge in [0.05, 0.1) is 12.1 Å². The Morgan fingerprint density at radius 1 is 1.12 bits per heavy atom. The number of benzene rings is 2. The van der Waals surface area contributed by atoms with Crippen molar-refractivity contribution >= 4 is 11.7 Å². The third-order valence-corrected chi connectivity index (χ3v) is 7.42. The summed E-state index contributed by atoms with van der Waals surface area (Å²) in [7, 11) is 0. The molecule has 1 N–H and O–H groups in total. The van der Waals surface area contributed by atoms with Crippen LogP contribution < -0.4 is 0 Å². The molecule has 182 valence electrons. The van der Waals surface area contributed by atoms with E-state index in [0.717, 1.165) is 43.1 Å². The minimum absolute atomic E-state index is 0.194. The lowest BCUT2D eigenvalue weighted by Gasteiger charge is -2.28. The van der Waals surface area contributed by atoms with Crippen molar-refractivity contribution in [2.24, 2.45) is 5.16 Å². The average molecular weight is 463 g/mol. The first-order chi connectivity index (χ1) is 16.5. The molecule has 2 aromatic rings. The van der Waals surface area contributed by atoms with Gasteiger partial charge in [0.2, 0.25) is 0 Å². The number of nitrogens with zero attached hydrogens (tertiary/aromatic N) is 2. The van der Waals surface area contributed by atoms with Gasteiger partial charge in [0.1, 0.15) is 6.61 Å². The maximum atomic E-state index is 10.8. The summed E-state index contributed by atoms with van der Waals surface area (Å²) < 4.78 is 0. The fourth-order valence-corrected chi connectivity index (χ4v) is 5.40. The Morgan fingerprint density at radius 2 is 1.94 bits per heavy atom. The van der Waals surface area contributed by atoms with Crippen LogP contribution in [0, 0.1) is 0 Å². The van der Waals surface area contributed by atoms with Crippen molar-refractivity contribution < 1.29 is 14.7 Å². The Hall–Kier alpha value is -2.66. The van der Waals surface area contributed by atoms with Gasteiger partial charge in [-0.3, -0.25) is 9.69 Å². The Bertz CT molecular complexity index is 1020. The Balaban J connectivity index is 1.35. The highest BCUT2D eigenvalue weighted by molar-refractivity contribution is 5.98. The van der Waals surface area contributed by atoms with Gasteiger partial charge in [0.25, 0.3) is 0 Å². The van der Waals surface area contributed by atoms with Crippen molar-refractivity contribution in [1.29, 1.82) is 0 Å². The van der Waals surface area contributed by atoms with E-state index in [1.165, 1.54) is 54.4 Å². The zero-order chi connectivity index (χ0) is 23.9. The van der Waals surface area contributed by atoms with Crippen LogP contribution >= 0.6 is 0 Å². The predicted octanol–water partition coefficient (Wildman–Crippen LogP) is 6.07. The van der Waals surface area contributed by atoms with E-state index >= 15 is 0 Å².